The zero-order valence-electron chi connectivity index (χ0n) is 11.2. The van der Waals surface area contributed by atoms with Crippen LogP contribution >= 0.6 is 11.8 Å². The van der Waals surface area contributed by atoms with Crippen molar-refractivity contribution >= 4 is 27.5 Å². The number of aliphatic hydroxyl groups is 1. The molecule has 1 atom stereocenters. The van der Waals surface area contributed by atoms with Gasteiger partial charge in [-0.3, -0.25) is 0 Å². The van der Waals surface area contributed by atoms with Crippen LogP contribution in [-0.4, -0.2) is 48.5 Å². The maximum absolute atomic E-state index is 12.2. The maximum atomic E-state index is 12.2. The second-order valence-corrected chi connectivity index (χ2v) is 7.97. The molecular formula is C13H20N2O3S2. The highest BCUT2D eigenvalue weighted by atomic mass is 32.2. The summed E-state index contributed by atoms with van der Waals surface area (Å²) in [5.41, 5.74) is 6.49. The average Bonchev–Trinajstić information content (AvgIpc) is 2.90. The average molecular weight is 316 g/mol. The van der Waals surface area contributed by atoms with Crippen molar-refractivity contribution in [3.8, 4) is 0 Å². The molecule has 3 N–H and O–H groups in total. The molecule has 1 aliphatic heterocycles. The van der Waals surface area contributed by atoms with Gasteiger partial charge in [0.15, 0.2) is 0 Å². The van der Waals surface area contributed by atoms with E-state index >= 15 is 0 Å². The lowest BCUT2D eigenvalue weighted by Crippen LogP contribution is -2.39. The molecule has 5 nitrogen and oxygen atoms in total. The fraction of sp³-hybridized carbons (Fsp3) is 0.538. The van der Waals surface area contributed by atoms with Crippen LogP contribution in [0.4, 0.5) is 5.69 Å². The molecule has 2 rings (SSSR count). The Labute approximate surface area is 124 Å². The summed E-state index contributed by atoms with van der Waals surface area (Å²) >= 11 is 1.45. The first kappa shape index (κ1) is 15.6. The number of aliphatic hydroxyl groups excluding tert-OH is 1. The Bertz CT molecular complexity index is 548. The Kier molecular flexibility index (Phi) is 5.31. The third kappa shape index (κ3) is 3.66. The first-order valence-electron chi connectivity index (χ1n) is 6.62. The van der Waals surface area contributed by atoms with Gasteiger partial charge in [-0.1, -0.05) is 12.1 Å². The second-order valence-electron chi connectivity index (χ2n) is 4.79. The number of hydrogen-bond donors (Lipinski definition) is 2. The van der Waals surface area contributed by atoms with Crippen LogP contribution in [0.3, 0.4) is 0 Å². The van der Waals surface area contributed by atoms with Crippen molar-refractivity contribution in [3.63, 3.8) is 0 Å². The molecule has 0 amide bonds. The van der Waals surface area contributed by atoms with Gasteiger partial charge in [-0.25, -0.2) is 8.42 Å². The van der Waals surface area contributed by atoms with E-state index in [0.29, 0.717) is 18.0 Å². The number of nitrogens with zero attached hydrogens (tertiary/aromatic N) is 1. The Hall–Kier alpha value is -0.760. The van der Waals surface area contributed by atoms with Crippen molar-refractivity contribution in [2.75, 3.05) is 30.4 Å². The predicted octanol–water partition coefficient (Wildman–Crippen LogP) is 1.15. The van der Waals surface area contributed by atoms with Crippen molar-refractivity contribution in [1.82, 2.24) is 4.31 Å². The Morgan fingerprint density at radius 3 is 2.85 bits per heavy atom. The third-order valence-corrected chi connectivity index (χ3v) is 6.67. The van der Waals surface area contributed by atoms with E-state index in [1.54, 1.807) is 6.07 Å². The van der Waals surface area contributed by atoms with Crippen molar-refractivity contribution in [1.29, 1.82) is 0 Å². The van der Waals surface area contributed by atoms with Gasteiger partial charge in [0, 0.05) is 28.9 Å². The van der Waals surface area contributed by atoms with Gasteiger partial charge in [-0.05, 0) is 25.0 Å². The highest BCUT2D eigenvalue weighted by Crippen LogP contribution is 2.26. The van der Waals surface area contributed by atoms with Crippen molar-refractivity contribution in [2.24, 2.45) is 0 Å². The van der Waals surface area contributed by atoms with E-state index in [2.05, 4.69) is 0 Å². The molecule has 1 aliphatic rings. The molecule has 1 saturated heterocycles. The summed E-state index contributed by atoms with van der Waals surface area (Å²) in [7, 11) is -3.29. The molecule has 0 aromatic heterocycles. The number of sulfonamides is 1. The van der Waals surface area contributed by atoms with Gasteiger partial charge in [-0.2, -0.15) is 4.31 Å². The number of rotatable bonds is 6. The van der Waals surface area contributed by atoms with Gasteiger partial charge in [0.1, 0.15) is 0 Å². The molecule has 1 fully saturated rings. The first-order chi connectivity index (χ1) is 9.54. The van der Waals surface area contributed by atoms with Gasteiger partial charge >= 0.3 is 0 Å². The summed E-state index contributed by atoms with van der Waals surface area (Å²) in [6.45, 7) is 0.420. The lowest BCUT2D eigenvalue weighted by Gasteiger charge is -2.22. The molecule has 0 bridgehead atoms. The molecule has 112 valence electrons. The number of benzene rings is 1. The smallest absolute Gasteiger partial charge is 0.215 e. The summed E-state index contributed by atoms with van der Waals surface area (Å²) < 4.78 is 25.9. The molecule has 0 aliphatic carbocycles. The van der Waals surface area contributed by atoms with Crippen LogP contribution in [0, 0.1) is 0 Å². The summed E-state index contributed by atoms with van der Waals surface area (Å²) in [5, 5.41) is 9.21. The minimum atomic E-state index is -3.29. The van der Waals surface area contributed by atoms with Gasteiger partial charge in [0.25, 0.3) is 0 Å². The molecule has 1 unspecified atom stereocenters. The van der Waals surface area contributed by atoms with E-state index in [1.807, 2.05) is 18.2 Å². The van der Waals surface area contributed by atoms with Crippen LogP contribution in [0.15, 0.2) is 29.2 Å². The molecule has 20 heavy (non-hydrogen) atoms. The molecule has 0 saturated carbocycles. The SMILES string of the molecule is Nc1ccccc1SCCS(=O)(=O)N1CCCC1CO. The van der Waals surface area contributed by atoms with Gasteiger partial charge < -0.3 is 10.8 Å². The van der Waals surface area contributed by atoms with Crippen molar-refractivity contribution in [3.05, 3.63) is 24.3 Å². The molecule has 7 heteroatoms. The predicted molar refractivity (Wildman–Crippen MR) is 82.2 cm³/mol. The fourth-order valence-corrected chi connectivity index (χ4v) is 5.42. The van der Waals surface area contributed by atoms with Crippen molar-refractivity contribution < 1.29 is 13.5 Å². The number of hydrogen-bond acceptors (Lipinski definition) is 5. The molecular weight excluding hydrogens is 296 g/mol. The molecule has 0 radical (unpaired) electrons. The van der Waals surface area contributed by atoms with Gasteiger partial charge in [-0.15, -0.1) is 11.8 Å². The first-order valence-corrected chi connectivity index (χ1v) is 9.22. The quantitative estimate of drug-likeness (QED) is 0.607. The van der Waals surface area contributed by atoms with Crippen LogP contribution < -0.4 is 5.73 Å². The Morgan fingerprint density at radius 2 is 2.15 bits per heavy atom. The second kappa shape index (κ2) is 6.80. The Balaban J connectivity index is 1.91. The summed E-state index contributed by atoms with van der Waals surface area (Å²) in [6.07, 6.45) is 1.57. The largest absolute Gasteiger partial charge is 0.398 e. The monoisotopic (exact) mass is 316 g/mol. The minimum Gasteiger partial charge on any atom is -0.398 e. The summed E-state index contributed by atoms with van der Waals surface area (Å²) in [4.78, 5) is 0.905. The van der Waals surface area contributed by atoms with E-state index in [1.165, 1.54) is 16.1 Å². The minimum absolute atomic E-state index is 0.0719. The van der Waals surface area contributed by atoms with Gasteiger partial charge in [0.2, 0.25) is 10.0 Å². The van der Waals surface area contributed by atoms with Crippen LogP contribution in [0.2, 0.25) is 0 Å². The Morgan fingerprint density at radius 1 is 1.40 bits per heavy atom. The molecule has 1 aromatic rings. The molecule has 1 heterocycles. The summed E-state index contributed by atoms with van der Waals surface area (Å²) in [5.74, 6) is 0.535. The lowest BCUT2D eigenvalue weighted by atomic mass is 10.2. The number of anilines is 1. The maximum Gasteiger partial charge on any atom is 0.215 e. The standard InChI is InChI=1S/C13H20N2O3S2/c14-12-5-1-2-6-13(12)19-8-9-20(17,18)15-7-3-4-11(15)10-16/h1-2,5-6,11,16H,3-4,7-10,14H2. The number of thioether (sulfide) groups is 1. The van der Waals surface area contributed by atoms with Crippen molar-refractivity contribution in [2.45, 2.75) is 23.8 Å². The zero-order chi connectivity index (χ0) is 14.6. The van der Waals surface area contributed by atoms with E-state index in [0.717, 1.165) is 17.7 Å². The number of nitrogen functional groups attached to an aromatic ring is 1. The van der Waals surface area contributed by atoms with Crippen LogP contribution in [0.25, 0.3) is 0 Å². The summed E-state index contributed by atoms with van der Waals surface area (Å²) in [6, 6.07) is 7.19. The zero-order valence-corrected chi connectivity index (χ0v) is 12.9. The topological polar surface area (TPSA) is 83.6 Å². The van der Waals surface area contributed by atoms with E-state index < -0.39 is 10.0 Å². The number of nitrogens with two attached hydrogens (primary N) is 1. The third-order valence-electron chi connectivity index (χ3n) is 3.41. The van der Waals surface area contributed by atoms with Gasteiger partial charge in [0.05, 0.1) is 12.4 Å². The van der Waals surface area contributed by atoms with Crippen LogP contribution in [0.5, 0.6) is 0 Å². The molecule has 0 spiro atoms. The van der Waals surface area contributed by atoms with E-state index in [-0.39, 0.29) is 18.4 Å². The van der Waals surface area contributed by atoms with Crippen LogP contribution in [-0.2, 0) is 10.0 Å². The normalized spacial score (nSPS) is 20.4. The van der Waals surface area contributed by atoms with Crippen LogP contribution in [0.1, 0.15) is 12.8 Å². The number of para-hydroxylation sites is 1. The highest BCUT2D eigenvalue weighted by Gasteiger charge is 2.33. The van der Waals surface area contributed by atoms with E-state index in [9.17, 15) is 13.5 Å². The van der Waals surface area contributed by atoms with E-state index in [4.69, 9.17) is 5.73 Å². The highest BCUT2D eigenvalue weighted by molar-refractivity contribution is 8.00. The molecule has 1 aromatic carbocycles. The fourth-order valence-electron chi connectivity index (χ4n) is 2.34. The lowest BCUT2D eigenvalue weighted by molar-refractivity contribution is 0.213.